The SMILES string of the molecule is COCc1ccc(C(C)=O)c2sc(C(=O)OC(=O)c3c(C)cc(C)cc3C)c(C)c12. The van der Waals surface area contributed by atoms with Gasteiger partial charge in [0.05, 0.1) is 12.2 Å². The van der Waals surface area contributed by atoms with Crippen molar-refractivity contribution in [2.75, 3.05) is 7.11 Å². The Labute approximate surface area is 179 Å². The molecule has 3 aromatic rings. The van der Waals surface area contributed by atoms with Crippen LogP contribution in [0.1, 0.15) is 65.1 Å². The summed E-state index contributed by atoms with van der Waals surface area (Å²) in [5, 5.41) is 0.802. The van der Waals surface area contributed by atoms with Crippen LogP contribution in [0.3, 0.4) is 0 Å². The van der Waals surface area contributed by atoms with E-state index in [1.807, 2.05) is 39.0 Å². The number of methoxy groups -OCH3 is 1. The predicted octanol–water partition coefficient (Wildman–Crippen LogP) is 5.48. The second-order valence-electron chi connectivity index (χ2n) is 7.47. The van der Waals surface area contributed by atoms with Gasteiger partial charge in [-0.05, 0) is 62.9 Å². The van der Waals surface area contributed by atoms with E-state index in [1.54, 1.807) is 20.1 Å². The number of aryl methyl sites for hydroxylation is 4. The molecule has 0 spiro atoms. The Morgan fingerprint density at radius 1 is 0.967 bits per heavy atom. The standard InChI is InChI=1S/C24H24O5S/c1-12-9-13(2)19(14(3)10-12)23(26)29-24(27)21-15(4)20-17(11-28-6)7-8-18(16(5)25)22(20)30-21/h7-10H,11H2,1-6H3. The maximum Gasteiger partial charge on any atom is 0.356 e. The Bertz CT molecular complexity index is 1160. The van der Waals surface area contributed by atoms with E-state index in [-0.39, 0.29) is 5.78 Å². The number of carbonyl (C=O) groups is 3. The van der Waals surface area contributed by atoms with E-state index in [1.165, 1.54) is 18.3 Å². The third-order valence-electron chi connectivity index (χ3n) is 5.09. The van der Waals surface area contributed by atoms with E-state index in [2.05, 4.69) is 0 Å². The monoisotopic (exact) mass is 424 g/mol. The highest BCUT2D eigenvalue weighted by Gasteiger charge is 2.25. The van der Waals surface area contributed by atoms with Gasteiger partial charge in [-0.2, -0.15) is 0 Å². The van der Waals surface area contributed by atoms with E-state index in [0.717, 1.165) is 27.6 Å². The molecule has 0 aliphatic carbocycles. The number of benzene rings is 2. The van der Waals surface area contributed by atoms with Crippen molar-refractivity contribution in [2.45, 2.75) is 41.2 Å². The van der Waals surface area contributed by atoms with Crippen molar-refractivity contribution in [3.05, 3.63) is 68.1 Å². The molecule has 5 nitrogen and oxygen atoms in total. The first-order valence-electron chi connectivity index (χ1n) is 9.54. The molecule has 0 saturated heterocycles. The Morgan fingerprint density at radius 2 is 1.60 bits per heavy atom. The Kier molecular flexibility index (Phi) is 6.19. The lowest BCUT2D eigenvalue weighted by atomic mass is 10.00. The number of rotatable bonds is 5. The molecule has 0 aliphatic heterocycles. The van der Waals surface area contributed by atoms with Gasteiger partial charge in [-0.1, -0.05) is 23.8 Å². The minimum atomic E-state index is -0.712. The molecule has 3 rings (SSSR count). The number of esters is 2. The average molecular weight is 425 g/mol. The van der Waals surface area contributed by atoms with Crippen LogP contribution < -0.4 is 0 Å². The van der Waals surface area contributed by atoms with Crippen LogP contribution in [0.2, 0.25) is 0 Å². The summed E-state index contributed by atoms with van der Waals surface area (Å²) in [6.07, 6.45) is 0. The lowest BCUT2D eigenvalue weighted by molar-refractivity contribution is 0.0400. The van der Waals surface area contributed by atoms with Crippen LogP contribution in [0.15, 0.2) is 24.3 Å². The summed E-state index contributed by atoms with van der Waals surface area (Å²) in [5.74, 6) is -1.47. The summed E-state index contributed by atoms with van der Waals surface area (Å²) < 4.78 is 11.2. The number of hydrogen-bond acceptors (Lipinski definition) is 6. The first-order valence-corrected chi connectivity index (χ1v) is 10.4. The predicted molar refractivity (Wildman–Crippen MR) is 118 cm³/mol. The number of fused-ring (bicyclic) bond motifs is 1. The normalized spacial score (nSPS) is 11.0. The summed E-state index contributed by atoms with van der Waals surface area (Å²) in [7, 11) is 1.59. The average Bonchev–Trinajstić information content (AvgIpc) is 2.99. The van der Waals surface area contributed by atoms with Crippen LogP contribution >= 0.6 is 11.3 Å². The van der Waals surface area contributed by atoms with Crippen molar-refractivity contribution in [3.8, 4) is 0 Å². The van der Waals surface area contributed by atoms with Crippen LogP contribution in [-0.4, -0.2) is 24.8 Å². The highest BCUT2D eigenvalue weighted by atomic mass is 32.1. The Morgan fingerprint density at radius 3 is 2.17 bits per heavy atom. The lowest BCUT2D eigenvalue weighted by Crippen LogP contribution is -2.15. The summed E-state index contributed by atoms with van der Waals surface area (Å²) in [6.45, 7) is 9.23. The zero-order valence-electron chi connectivity index (χ0n) is 18.0. The molecule has 0 amide bonds. The number of Topliss-reactive ketones (excluding diaryl/α,β-unsaturated/α-hetero) is 1. The van der Waals surface area contributed by atoms with Crippen LogP contribution in [0, 0.1) is 27.7 Å². The van der Waals surface area contributed by atoms with Crippen molar-refractivity contribution >= 4 is 39.1 Å². The molecule has 1 heterocycles. The molecule has 6 heteroatoms. The van der Waals surface area contributed by atoms with Gasteiger partial charge in [-0.25, -0.2) is 9.59 Å². The molecule has 0 bridgehead atoms. The van der Waals surface area contributed by atoms with E-state index < -0.39 is 11.9 Å². The maximum absolute atomic E-state index is 12.9. The molecular formula is C24H24O5S. The topological polar surface area (TPSA) is 69.7 Å². The molecular weight excluding hydrogens is 400 g/mol. The largest absolute Gasteiger partial charge is 0.385 e. The van der Waals surface area contributed by atoms with Crippen LogP contribution in [-0.2, 0) is 16.1 Å². The smallest absolute Gasteiger partial charge is 0.356 e. The summed E-state index contributed by atoms with van der Waals surface area (Å²) in [5.41, 5.74) is 5.06. The zero-order chi connectivity index (χ0) is 22.2. The fourth-order valence-electron chi connectivity index (χ4n) is 3.86. The molecule has 2 aromatic carbocycles. The molecule has 156 valence electrons. The van der Waals surface area contributed by atoms with Crippen molar-refractivity contribution in [1.82, 2.24) is 0 Å². The van der Waals surface area contributed by atoms with E-state index in [0.29, 0.717) is 32.9 Å². The van der Waals surface area contributed by atoms with Gasteiger partial charge in [0.15, 0.2) is 5.78 Å². The van der Waals surface area contributed by atoms with Gasteiger partial charge >= 0.3 is 11.9 Å². The van der Waals surface area contributed by atoms with Crippen molar-refractivity contribution in [1.29, 1.82) is 0 Å². The highest BCUT2D eigenvalue weighted by Crippen LogP contribution is 2.37. The van der Waals surface area contributed by atoms with Crippen molar-refractivity contribution < 1.29 is 23.9 Å². The molecule has 0 unspecified atom stereocenters. The third kappa shape index (κ3) is 3.93. The van der Waals surface area contributed by atoms with Crippen molar-refractivity contribution in [2.24, 2.45) is 0 Å². The first kappa shape index (κ1) is 21.9. The number of hydrogen-bond donors (Lipinski definition) is 0. The molecule has 0 radical (unpaired) electrons. The fourth-order valence-corrected chi connectivity index (χ4v) is 5.16. The molecule has 0 atom stereocenters. The molecule has 1 aromatic heterocycles. The Balaban J connectivity index is 2.04. The van der Waals surface area contributed by atoms with E-state index in [4.69, 9.17) is 9.47 Å². The summed E-state index contributed by atoms with van der Waals surface area (Å²) >= 11 is 1.17. The van der Waals surface area contributed by atoms with Crippen LogP contribution in [0.4, 0.5) is 0 Å². The van der Waals surface area contributed by atoms with E-state index in [9.17, 15) is 14.4 Å². The zero-order valence-corrected chi connectivity index (χ0v) is 18.8. The van der Waals surface area contributed by atoms with Gasteiger partial charge in [0.1, 0.15) is 4.88 Å². The quantitative estimate of drug-likeness (QED) is 0.308. The first-order chi connectivity index (χ1) is 14.1. The molecule has 0 saturated carbocycles. The number of ketones is 1. The minimum Gasteiger partial charge on any atom is -0.385 e. The fraction of sp³-hybridized carbons (Fsp3) is 0.292. The molecule has 0 aliphatic rings. The lowest BCUT2D eigenvalue weighted by Gasteiger charge is -2.10. The van der Waals surface area contributed by atoms with Gasteiger partial charge in [-0.15, -0.1) is 11.3 Å². The van der Waals surface area contributed by atoms with Gasteiger partial charge in [0.2, 0.25) is 0 Å². The number of ether oxygens (including phenoxy) is 2. The molecule has 0 N–H and O–H groups in total. The third-order valence-corrected chi connectivity index (χ3v) is 6.40. The van der Waals surface area contributed by atoms with E-state index >= 15 is 0 Å². The molecule has 0 fully saturated rings. The van der Waals surface area contributed by atoms with Gasteiger partial charge < -0.3 is 9.47 Å². The van der Waals surface area contributed by atoms with Crippen LogP contribution in [0.5, 0.6) is 0 Å². The van der Waals surface area contributed by atoms with Gasteiger partial charge in [0, 0.05) is 22.8 Å². The minimum absolute atomic E-state index is 0.0906. The molecule has 30 heavy (non-hydrogen) atoms. The second kappa shape index (κ2) is 8.50. The van der Waals surface area contributed by atoms with Gasteiger partial charge in [-0.3, -0.25) is 4.79 Å². The van der Waals surface area contributed by atoms with Crippen molar-refractivity contribution in [3.63, 3.8) is 0 Å². The van der Waals surface area contributed by atoms with Gasteiger partial charge in [0.25, 0.3) is 0 Å². The Hall–Kier alpha value is -2.83. The number of carbonyl (C=O) groups excluding carboxylic acids is 3. The van der Waals surface area contributed by atoms with Crippen LogP contribution in [0.25, 0.3) is 10.1 Å². The maximum atomic E-state index is 12.9. The summed E-state index contributed by atoms with van der Waals surface area (Å²) in [4.78, 5) is 38.1. The number of thiophene rings is 1. The summed E-state index contributed by atoms with van der Waals surface area (Å²) in [6, 6.07) is 7.35. The highest BCUT2D eigenvalue weighted by molar-refractivity contribution is 7.21. The second-order valence-corrected chi connectivity index (χ2v) is 8.49.